The molecule has 17 heavy (non-hydrogen) atoms. The first-order valence-corrected chi connectivity index (χ1v) is 5.80. The smallest absolute Gasteiger partial charge is 0.387 e. The van der Waals surface area contributed by atoms with Gasteiger partial charge in [0.25, 0.3) is 0 Å². The summed E-state index contributed by atoms with van der Waals surface area (Å²) in [6.45, 7) is 2.93. The van der Waals surface area contributed by atoms with Gasteiger partial charge < -0.3 is 10.1 Å². The van der Waals surface area contributed by atoms with Crippen LogP contribution in [0.2, 0.25) is 5.02 Å². The summed E-state index contributed by atoms with van der Waals surface area (Å²) in [5, 5.41) is 3.44. The Balaban J connectivity index is 2.56. The minimum atomic E-state index is -2.85. The van der Waals surface area contributed by atoms with Crippen molar-refractivity contribution in [3.8, 4) is 5.75 Å². The molecule has 1 rings (SSSR count). The minimum Gasteiger partial charge on any atom is -0.433 e. The van der Waals surface area contributed by atoms with E-state index in [2.05, 4.69) is 23.9 Å². The molecular weight excluding hydrogens is 248 g/mol. The van der Waals surface area contributed by atoms with E-state index in [1.165, 1.54) is 6.07 Å². The van der Waals surface area contributed by atoms with Gasteiger partial charge in [0.2, 0.25) is 0 Å². The Morgan fingerprint density at radius 1 is 1.35 bits per heavy atom. The van der Waals surface area contributed by atoms with E-state index in [1.807, 2.05) is 0 Å². The van der Waals surface area contributed by atoms with Crippen LogP contribution in [-0.2, 0) is 6.54 Å². The Bertz CT molecular complexity index is 358. The van der Waals surface area contributed by atoms with Crippen LogP contribution >= 0.6 is 11.6 Å². The highest BCUT2D eigenvalue weighted by atomic mass is 35.5. The molecule has 1 N–H and O–H groups in total. The first kappa shape index (κ1) is 14.2. The Morgan fingerprint density at radius 2 is 2.06 bits per heavy atom. The molecule has 0 radical (unpaired) electrons. The first-order valence-electron chi connectivity index (χ1n) is 5.43. The fourth-order valence-electron chi connectivity index (χ4n) is 1.35. The van der Waals surface area contributed by atoms with Crippen molar-refractivity contribution in [2.45, 2.75) is 27.0 Å². The lowest BCUT2D eigenvalue weighted by Gasteiger charge is -2.10. The molecule has 0 atom stereocenters. The Hall–Kier alpha value is -0.870. The molecule has 0 saturated carbocycles. The van der Waals surface area contributed by atoms with E-state index in [0.717, 1.165) is 12.1 Å². The normalized spacial score (nSPS) is 11.2. The molecule has 0 aliphatic heterocycles. The highest BCUT2D eigenvalue weighted by Gasteiger charge is 2.08. The summed E-state index contributed by atoms with van der Waals surface area (Å²) in [5.74, 6) is 0.571. The van der Waals surface area contributed by atoms with Crippen molar-refractivity contribution in [1.29, 1.82) is 0 Å². The van der Waals surface area contributed by atoms with Crippen LogP contribution in [0.1, 0.15) is 19.4 Å². The summed E-state index contributed by atoms with van der Waals surface area (Å²) in [5.41, 5.74) is 0.942. The van der Waals surface area contributed by atoms with Crippen LogP contribution < -0.4 is 10.1 Å². The van der Waals surface area contributed by atoms with Crippen molar-refractivity contribution >= 4 is 11.6 Å². The summed E-state index contributed by atoms with van der Waals surface area (Å²) in [6, 6.07) is 4.81. The molecule has 2 nitrogen and oxygen atoms in total. The summed E-state index contributed by atoms with van der Waals surface area (Å²) >= 11 is 5.83. The molecule has 0 fully saturated rings. The second-order valence-corrected chi connectivity index (χ2v) is 4.58. The molecule has 0 amide bonds. The number of ether oxygens (including phenoxy) is 1. The van der Waals surface area contributed by atoms with Gasteiger partial charge in [-0.25, -0.2) is 0 Å². The maximum absolute atomic E-state index is 12.0. The van der Waals surface area contributed by atoms with E-state index in [4.69, 9.17) is 11.6 Å². The fourth-order valence-corrected chi connectivity index (χ4v) is 1.60. The third kappa shape index (κ3) is 5.33. The van der Waals surface area contributed by atoms with Gasteiger partial charge in [0.05, 0.1) is 5.02 Å². The van der Waals surface area contributed by atoms with Crippen LogP contribution in [0.3, 0.4) is 0 Å². The lowest BCUT2D eigenvalue weighted by molar-refractivity contribution is -0.0497. The molecule has 0 saturated heterocycles. The number of halogens is 3. The van der Waals surface area contributed by atoms with Crippen LogP contribution in [-0.4, -0.2) is 13.2 Å². The van der Waals surface area contributed by atoms with Crippen molar-refractivity contribution < 1.29 is 13.5 Å². The van der Waals surface area contributed by atoms with Gasteiger partial charge in [0.15, 0.2) is 0 Å². The number of nitrogens with one attached hydrogen (secondary N) is 1. The molecule has 0 spiro atoms. The predicted molar refractivity (Wildman–Crippen MR) is 64.6 cm³/mol. The van der Waals surface area contributed by atoms with Crippen LogP contribution in [0.25, 0.3) is 0 Å². The number of hydrogen-bond donors (Lipinski definition) is 1. The van der Waals surface area contributed by atoms with Crippen molar-refractivity contribution in [1.82, 2.24) is 5.32 Å². The Labute approximate surface area is 105 Å². The largest absolute Gasteiger partial charge is 0.433 e. The number of benzene rings is 1. The maximum atomic E-state index is 12.0. The molecular formula is C12H16ClF2NO. The van der Waals surface area contributed by atoms with E-state index in [-0.39, 0.29) is 10.8 Å². The molecule has 96 valence electrons. The lowest BCUT2D eigenvalue weighted by atomic mass is 10.2. The maximum Gasteiger partial charge on any atom is 0.387 e. The third-order valence-corrected chi connectivity index (χ3v) is 2.39. The standard InChI is InChI=1S/C12H16ClF2NO/c1-8(2)6-16-7-9-3-4-11(10(13)5-9)17-12(14)15/h3-5,8,12,16H,6-7H2,1-2H3. The molecule has 5 heteroatoms. The lowest BCUT2D eigenvalue weighted by Crippen LogP contribution is -2.18. The average Bonchev–Trinajstić information content (AvgIpc) is 2.21. The van der Waals surface area contributed by atoms with Crippen molar-refractivity contribution in [3.63, 3.8) is 0 Å². The molecule has 0 unspecified atom stereocenters. The van der Waals surface area contributed by atoms with Crippen molar-refractivity contribution in [3.05, 3.63) is 28.8 Å². The predicted octanol–water partition coefficient (Wildman–Crippen LogP) is 3.69. The molecule has 0 aliphatic rings. The first-order chi connectivity index (χ1) is 7.99. The van der Waals surface area contributed by atoms with E-state index in [1.54, 1.807) is 12.1 Å². The zero-order valence-electron chi connectivity index (χ0n) is 9.84. The molecule has 0 aromatic heterocycles. The van der Waals surface area contributed by atoms with Gasteiger partial charge in [-0.15, -0.1) is 0 Å². The highest BCUT2D eigenvalue weighted by molar-refractivity contribution is 6.32. The Morgan fingerprint density at radius 3 is 2.59 bits per heavy atom. The Kier molecular flexibility index (Phi) is 5.65. The van der Waals surface area contributed by atoms with Gasteiger partial charge in [0, 0.05) is 6.54 Å². The van der Waals surface area contributed by atoms with E-state index < -0.39 is 6.61 Å². The van der Waals surface area contributed by atoms with Crippen LogP contribution in [0.15, 0.2) is 18.2 Å². The zero-order valence-corrected chi connectivity index (χ0v) is 10.6. The molecule has 0 bridgehead atoms. The van der Waals surface area contributed by atoms with E-state index in [0.29, 0.717) is 12.5 Å². The average molecular weight is 264 g/mol. The highest BCUT2D eigenvalue weighted by Crippen LogP contribution is 2.26. The quantitative estimate of drug-likeness (QED) is 0.845. The third-order valence-electron chi connectivity index (χ3n) is 2.09. The summed E-state index contributed by atoms with van der Waals surface area (Å²) in [4.78, 5) is 0. The van der Waals surface area contributed by atoms with Crippen LogP contribution in [0.4, 0.5) is 8.78 Å². The summed E-state index contributed by atoms with van der Waals surface area (Å²) in [7, 11) is 0. The van der Waals surface area contributed by atoms with Gasteiger partial charge >= 0.3 is 6.61 Å². The molecule has 0 heterocycles. The van der Waals surface area contributed by atoms with Gasteiger partial charge in [0.1, 0.15) is 5.75 Å². The van der Waals surface area contributed by atoms with Crippen LogP contribution in [0.5, 0.6) is 5.75 Å². The van der Waals surface area contributed by atoms with Gasteiger partial charge in [-0.1, -0.05) is 31.5 Å². The number of alkyl halides is 2. The molecule has 0 aliphatic carbocycles. The summed E-state index contributed by atoms with van der Waals surface area (Å²) < 4.78 is 28.3. The van der Waals surface area contributed by atoms with Gasteiger partial charge in [-0.3, -0.25) is 0 Å². The zero-order chi connectivity index (χ0) is 12.8. The van der Waals surface area contributed by atoms with Crippen molar-refractivity contribution in [2.24, 2.45) is 5.92 Å². The van der Waals surface area contributed by atoms with Crippen LogP contribution in [0, 0.1) is 5.92 Å². The van der Waals surface area contributed by atoms with Gasteiger partial charge in [-0.2, -0.15) is 8.78 Å². The van der Waals surface area contributed by atoms with E-state index >= 15 is 0 Å². The second kappa shape index (κ2) is 6.77. The van der Waals surface area contributed by atoms with Gasteiger partial charge in [-0.05, 0) is 30.2 Å². The number of rotatable bonds is 6. The van der Waals surface area contributed by atoms with E-state index in [9.17, 15) is 8.78 Å². The number of hydrogen-bond acceptors (Lipinski definition) is 2. The summed E-state index contributed by atoms with van der Waals surface area (Å²) in [6.07, 6.45) is 0. The SMILES string of the molecule is CC(C)CNCc1ccc(OC(F)F)c(Cl)c1. The molecule has 1 aromatic carbocycles. The molecule has 1 aromatic rings. The second-order valence-electron chi connectivity index (χ2n) is 4.17. The van der Waals surface area contributed by atoms with Crippen molar-refractivity contribution in [2.75, 3.05) is 6.54 Å². The monoisotopic (exact) mass is 263 g/mol. The fraction of sp³-hybridized carbons (Fsp3) is 0.500. The topological polar surface area (TPSA) is 21.3 Å². The minimum absolute atomic E-state index is 0.00859.